The molecule has 1 aromatic rings. The van der Waals surface area contributed by atoms with E-state index in [4.69, 9.17) is 9.47 Å². The molecule has 1 heterocycles. The number of alkyl halides is 3. The highest BCUT2D eigenvalue weighted by molar-refractivity contribution is 5.14. The van der Waals surface area contributed by atoms with Gasteiger partial charge in [-0.3, -0.25) is 0 Å². The van der Waals surface area contributed by atoms with Gasteiger partial charge in [0.25, 0.3) is 0 Å². The Labute approximate surface area is 121 Å². The number of aryl methyl sites for hydroxylation is 1. The molecule has 0 radical (unpaired) electrons. The summed E-state index contributed by atoms with van der Waals surface area (Å²) in [7, 11) is 0. The highest BCUT2D eigenvalue weighted by Crippen LogP contribution is 2.37. The molecule has 21 heavy (non-hydrogen) atoms. The van der Waals surface area contributed by atoms with E-state index >= 15 is 0 Å². The zero-order chi connectivity index (χ0) is 15.7. The second-order valence-corrected chi connectivity index (χ2v) is 5.65. The van der Waals surface area contributed by atoms with Gasteiger partial charge in [-0.1, -0.05) is 30.3 Å². The molecular formula is C15H19F3O3. The third-order valence-corrected chi connectivity index (χ3v) is 3.42. The number of aliphatic hydroxyl groups is 1. The molecule has 2 rings (SSSR count). The summed E-state index contributed by atoms with van der Waals surface area (Å²) >= 11 is 0. The van der Waals surface area contributed by atoms with E-state index in [-0.39, 0.29) is 0 Å². The van der Waals surface area contributed by atoms with Crippen molar-refractivity contribution in [1.29, 1.82) is 0 Å². The number of halogens is 3. The lowest BCUT2D eigenvalue weighted by Crippen LogP contribution is -2.59. The number of hydrogen-bond donors (Lipinski definition) is 1. The average molecular weight is 304 g/mol. The van der Waals surface area contributed by atoms with Crippen molar-refractivity contribution in [1.82, 2.24) is 0 Å². The van der Waals surface area contributed by atoms with Crippen LogP contribution in [0.5, 0.6) is 0 Å². The lowest BCUT2D eigenvalue weighted by Gasteiger charge is -2.44. The van der Waals surface area contributed by atoms with Gasteiger partial charge in [-0.2, -0.15) is 13.2 Å². The van der Waals surface area contributed by atoms with Crippen LogP contribution in [0, 0.1) is 0 Å². The molecule has 1 fully saturated rings. The highest BCUT2D eigenvalue weighted by atomic mass is 19.4. The first kappa shape index (κ1) is 16.3. The van der Waals surface area contributed by atoms with E-state index in [0.717, 1.165) is 5.56 Å². The van der Waals surface area contributed by atoms with Crippen LogP contribution in [0.4, 0.5) is 13.2 Å². The Bertz CT molecular complexity index is 459. The monoisotopic (exact) mass is 304 g/mol. The van der Waals surface area contributed by atoms with E-state index in [1.165, 1.54) is 13.8 Å². The van der Waals surface area contributed by atoms with Crippen molar-refractivity contribution in [3.05, 3.63) is 35.9 Å². The van der Waals surface area contributed by atoms with Gasteiger partial charge >= 0.3 is 6.18 Å². The first-order valence-electron chi connectivity index (χ1n) is 6.83. The van der Waals surface area contributed by atoms with Crippen LogP contribution in [0.1, 0.15) is 25.8 Å². The summed E-state index contributed by atoms with van der Waals surface area (Å²) in [5, 5.41) is 9.90. The first-order chi connectivity index (χ1) is 9.69. The van der Waals surface area contributed by atoms with E-state index in [1.807, 2.05) is 30.3 Å². The fourth-order valence-electron chi connectivity index (χ4n) is 2.48. The Balaban J connectivity index is 2.07. The van der Waals surface area contributed by atoms with E-state index in [9.17, 15) is 18.3 Å². The number of rotatable bonds is 3. The Morgan fingerprint density at radius 3 is 2.33 bits per heavy atom. The molecule has 6 heteroatoms. The molecule has 118 valence electrons. The largest absolute Gasteiger partial charge is 0.417 e. The SMILES string of the molecule is CC1(C)O[C@@H](CCc2ccccc2)[C@H](O)[C@@H](C(F)(F)F)O1. The molecule has 1 aliphatic heterocycles. The summed E-state index contributed by atoms with van der Waals surface area (Å²) in [5.74, 6) is -1.37. The third-order valence-electron chi connectivity index (χ3n) is 3.42. The molecule has 0 unspecified atom stereocenters. The van der Waals surface area contributed by atoms with Crippen LogP contribution in [0.2, 0.25) is 0 Å². The van der Waals surface area contributed by atoms with E-state index < -0.39 is 30.3 Å². The zero-order valence-electron chi connectivity index (χ0n) is 11.9. The van der Waals surface area contributed by atoms with E-state index in [1.54, 1.807) is 0 Å². The Kier molecular flexibility index (Phi) is 4.60. The van der Waals surface area contributed by atoms with Gasteiger partial charge in [0.05, 0.1) is 6.10 Å². The Hall–Kier alpha value is -1.11. The maximum atomic E-state index is 12.9. The minimum Gasteiger partial charge on any atom is -0.387 e. The van der Waals surface area contributed by atoms with Crippen LogP contribution >= 0.6 is 0 Å². The maximum absolute atomic E-state index is 12.9. The molecule has 3 atom stereocenters. The standard InChI is InChI=1S/C15H19F3O3/c1-14(2)20-11(9-8-10-6-4-3-5-7-10)12(19)13(21-14)15(16,17)18/h3-7,11-13,19H,8-9H2,1-2H3/t11-,12-,13-/m0/s1. The second kappa shape index (κ2) is 5.94. The number of hydrogen-bond acceptors (Lipinski definition) is 3. The van der Waals surface area contributed by atoms with Crippen molar-refractivity contribution < 1.29 is 27.8 Å². The molecule has 0 aromatic heterocycles. The maximum Gasteiger partial charge on any atom is 0.417 e. The lowest BCUT2D eigenvalue weighted by molar-refractivity contribution is -0.383. The molecule has 1 saturated heterocycles. The summed E-state index contributed by atoms with van der Waals surface area (Å²) in [6.45, 7) is 2.85. The van der Waals surface area contributed by atoms with Crippen molar-refractivity contribution in [3.8, 4) is 0 Å². The number of ether oxygens (including phenoxy) is 2. The second-order valence-electron chi connectivity index (χ2n) is 5.65. The van der Waals surface area contributed by atoms with Crippen molar-refractivity contribution in [2.24, 2.45) is 0 Å². The third kappa shape index (κ3) is 4.18. The molecule has 0 bridgehead atoms. The lowest BCUT2D eigenvalue weighted by atomic mass is 9.98. The van der Waals surface area contributed by atoms with Gasteiger partial charge in [0.1, 0.15) is 6.10 Å². The van der Waals surface area contributed by atoms with E-state index in [0.29, 0.717) is 12.8 Å². The molecule has 1 aliphatic rings. The summed E-state index contributed by atoms with van der Waals surface area (Å²) in [6, 6.07) is 9.36. The Morgan fingerprint density at radius 2 is 1.76 bits per heavy atom. The minimum absolute atomic E-state index is 0.296. The van der Waals surface area contributed by atoms with Gasteiger partial charge in [0, 0.05) is 0 Å². The minimum atomic E-state index is -4.62. The highest BCUT2D eigenvalue weighted by Gasteiger charge is 2.54. The van der Waals surface area contributed by atoms with Crippen LogP contribution in [-0.2, 0) is 15.9 Å². The van der Waals surface area contributed by atoms with Crippen molar-refractivity contribution >= 4 is 0 Å². The van der Waals surface area contributed by atoms with Crippen molar-refractivity contribution in [3.63, 3.8) is 0 Å². The fourth-order valence-corrected chi connectivity index (χ4v) is 2.48. The fraction of sp³-hybridized carbons (Fsp3) is 0.600. The van der Waals surface area contributed by atoms with Crippen LogP contribution in [0.15, 0.2) is 30.3 Å². The van der Waals surface area contributed by atoms with Crippen LogP contribution in [0.3, 0.4) is 0 Å². The summed E-state index contributed by atoms with van der Waals surface area (Å²) < 4.78 is 49.1. The molecule has 3 nitrogen and oxygen atoms in total. The molecule has 1 N–H and O–H groups in total. The number of benzene rings is 1. The normalized spacial score (nSPS) is 29.3. The molecular weight excluding hydrogens is 285 g/mol. The van der Waals surface area contributed by atoms with Gasteiger partial charge < -0.3 is 14.6 Å². The van der Waals surface area contributed by atoms with Gasteiger partial charge in [-0.15, -0.1) is 0 Å². The van der Waals surface area contributed by atoms with Crippen LogP contribution < -0.4 is 0 Å². The summed E-state index contributed by atoms with van der Waals surface area (Å²) in [5.41, 5.74) is 0.987. The quantitative estimate of drug-likeness (QED) is 0.933. The summed E-state index contributed by atoms with van der Waals surface area (Å²) in [4.78, 5) is 0. The van der Waals surface area contributed by atoms with Gasteiger partial charge in [-0.25, -0.2) is 0 Å². The number of aliphatic hydroxyl groups excluding tert-OH is 1. The summed E-state index contributed by atoms with van der Waals surface area (Å²) in [6.07, 6.45) is -8.65. The van der Waals surface area contributed by atoms with Crippen LogP contribution in [0.25, 0.3) is 0 Å². The predicted octanol–water partition coefficient (Wildman–Crippen LogP) is 3.06. The van der Waals surface area contributed by atoms with Crippen molar-refractivity contribution in [2.75, 3.05) is 0 Å². The molecule has 0 saturated carbocycles. The molecule has 0 spiro atoms. The molecule has 0 aliphatic carbocycles. The Morgan fingerprint density at radius 1 is 1.14 bits per heavy atom. The smallest absolute Gasteiger partial charge is 0.387 e. The van der Waals surface area contributed by atoms with E-state index in [2.05, 4.69) is 0 Å². The van der Waals surface area contributed by atoms with Crippen molar-refractivity contribution in [2.45, 2.75) is 57.0 Å². The van der Waals surface area contributed by atoms with Gasteiger partial charge in [0.15, 0.2) is 11.9 Å². The predicted molar refractivity (Wildman–Crippen MR) is 70.6 cm³/mol. The van der Waals surface area contributed by atoms with Gasteiger partial charge in [0.2, 0.25) is 0 Å². The first-order valence-corrected chi connectivity index (χ1v) is 6.83. The average Bonchev–Trinajstić information content (AvgIpc) is 2.39. The van der Waals surface area contributed by atoms with Crippen LogP contribution in [-0.4, -0.2) is 35.4 Å². The van der Waals surface area contributed by atoms with Gasteiger partial charge in [-0.05, 0) is 32.3 Å². The molecule has 1 aromatic carbocycles. The zero-order valence-corrected chi connectivity index (χ0v) is 11.9. The topological polar surface area (TPSA) is 38.7 Å². The molecule has 0 amide bonds.